The van der Waals surface area contributed by atoms with Gasteiger partial charge in [0.05, 0.1) is 17.6 Å². The van der Waals surface area contributed by atoms with Gasteiger partial charge in [0.1, 0.15) is 0 Å². The first kappa shape index (κ1) is 23.0. The predicted octanol–water partition coefficient (Wildman–Crippen LogP) is 3.66. The number of rotatable bonds is 8. The van der Waals surface area contributed by atoms with Crippen LogP contribution in [0.4, 0.5) is 0 Å². The molecule has 3 aliphatic carbocycles. The molecule has 30 heavy (non-hydrogen) atoms. The number of fused-ring (bicyclic) bond motifs is 5. The lowest BCUT2D eigenvalue weighted by atomic mass is 9.51. The molecule has 0 aromatic heterocycles. The van der Waals surface area contributed by atoms with E-state index in [0.29, 0.717) is 38.0 Å². The van der Waals surface area contributed by atoms with Gasteiger partial charge in [0.2, 0.25) is 0 Å². The fraction of sp³-hybridized carbons (Fsp3) is 0.750. The number of hydrogen-bond donors (Lipinski definition) is 2. The van der Waals surface area contributed by atoms with E-state index in [1.165, 1.54) is 0 Å². The van der Waals surface area contributed by atoms with Crippen LogP contribution in [0.2, 0.25) is 0 Å². The Morgan fingerprint density at radius 2 is 1.50 bits per heavy atom. The van der Waals surface area contributed by atoms with Gasteiger partial charge in [-0.3, -0.25) is 0 Å². The fourth-order valence-electron chi connectivity index (χ4n) is 7.14. The molecule has 3 aliphatic rings. The number of hydrogen-bond acceptors (Lipinski definition) is 6. The average molecular weight is 421 g/mol. The Hall–Kier alpha value is -1.66. The summed E-state index contributed by atoms with van der Waals surface area (Å²) < 4.78 is 12.0. The van der Waals surface area contributed by atoms with Crippen molar-refractivity contribution in [2.75, 3.05) is 0 Å². The molecule has 0 heterocycles. The summed E-state index contributed by atoms with van der Waals surface area (Å²) in [4.78, 5) is 25.5. The lowest BCUT2D eigenvalue weighted by Gasteiger charge is -2.58. The first-order valence-corrected chi connectivity index (χ1v) is 11.2. The lowest BCUT2D eigenvalue weighted by molar-refractivity contribution is -0.319. The van der Waals surface area contributed by atoms with E-state index in [1.54, 1.807) is 13.8 Å². The van der Waals surface area contributed by atoms with Gasteiger partial charge in [0, 0.05) is 23.0 Å². The summed E-state index contributed by atoms with van der Waals surface area (Å²) in [5, 5.41) is 22.8. The molecular formula is C24H36O6. The topological polar surface area (TPSA) is 93.1 Å². The van der Waals surface area contributed by atoms with Gasteiger partial charge in [-0.15, -0.1) is 0 Å². The SMILES string of the molecule is C=C(C)C(=O)OC1(OC(=O)C(=C)C)CCC2C3CCC(C(O)CC)(C3)C21C(O)CC. The van der Waals surface area contributed by atoms with Gasteiger partial charge in [0.25, 0.3) is 5.79 Å². The molecule has 6 heteroatoms. The minimum absolute atomic E-state index is 0.00163. The van der Waals surface area contributed by atoms with Crippen molar-refractivity contribution in [1.82, 2.24) is 0 Å². The smallest absolute Gasteiger partial charge is 0.336 e. The summed E-state index contributed by atoms with van der Waals surface area (Å²) in [6.45, 7) is 14.3. The Kier molecular flexibility index (Phi) is 5.98. The van der Waals surface area contributed by atoms with Crippen LogP contribution >= 0.6 is 0 Å². The molecule has 6 unspecified atom stereocenters. The Morgan fingerprint density at radius 1 is 0.967 bits per heavy atom. The van der Waals surface area contributed by atoms with Gasteiger partial charge in [-0.2, -0.15) is 0 Å². The Morgan fingerprint density at radius 3 is 1.97 bits per heavy atom. The lowest BCUT2D eigenvalue weighted by Crippen LogP contribution is -2.67. The first-order chi connectivity index (χ1) is 14.0. The molecule has 2 N–H and O–H groups in total. The third kappa shape index (κ3) is 2.83. The van der Waals surface area contributed by atoms with Crippen LogP contribution in [0.3, 0.4) is 0 Å². The number of ether oxygens (including phenoxy) is 2. The molecule has 0 saturated heterocycles. The first-order valence-electron chi connectivity index (χ1n) is 11.2. The summed E-state index contributed by atoms with van der Waals surface area (Å²) >= 11 is 0. The zero-order chi connectivity index (χ0) is 22.5. The zero-order valence-electron chi connectivity index (χ0n) is 18.7. The summed E-state index contributed by atoms with van der Waals surface area (Å²) in [5.41, 5.74) is -1.37. The molecule has 6 atom stereocenters. The van der Waals surface area contributed by atoms with Gasteiger partial charge >= 0.3 is 11.9 Å². The van der Waals surface area contributed by atoms with Crippen LogP contribution in [-0.4, -0.2) is 40.1 Å². The summed E-state index contributed by atoms with van der Waals surface area (Å²) in [7, 11) is 0. The quantitative estimate of drug-likeness (QED) is 0.354. The van der Waals surface area contributed by atoms with Crippen molar-refractivity contribution in [2.24, 2.45) is 22.7 Å². The van der Waals surface area contributed by atoms with Crippen molar-refractivity contribution >= 4 is 11.9 Å². The molecule has 6 nitrogen and oxygen atoms in total. The van der Waals surface area contributed by atoms with Crippen molar-refractivity contribution in [2.45, 2.75) is 90.6 Å². The minimum Gasteiger partial charge on any atom is -0.418 e. The van der Waals surface area contributed by atoms with E-state index in [2.05, 4.69) is 13.2 Å². The average Bonchev–Trinajstić information content (AvgIpc) is 3.36. The predicted molar refractivity (Wildman–Crippen MR) is 112 cm³/mol. The third-order valence-corrected chi connectivity index (χ3v) is 8.13. The number of carbonyl (C=O) groups is 2. The number of aliphatic hydroxyl groups is 2. The van der Waals surface area contributed by atoms with E-state index >= 15 is 0 Å². The molecular weight excluding hydrogens is 384 g/mol. The second kappa shape index (κ2) is 7.79. The van der Waals surface area contributed by atoms with Crippen LogP contribution in [0.5, 0.6) is 0 Å². The molecule has 3 rings (SSSR count). The van der Waals surface area contributed by atoms with Crippen molar-refractivity contribution in [3.63, 3.8) is 0 Å². The van der Waals surface area contributed by atoms with Crippen LogP contribution in [0.1, 0.15) is 72.6 Å². The highest BCUT2D eigenvalue weighted by Crippen LogP contribution is 2.79. The Balaban J connectivity index is 2.26. The summed E-state index contributed by atoms with van der Waals surface area (Å²) in [6.07, 6.45) is 2.67. The maximum absolute atomic E-state index is 12.8. The maximum Gasteiger partial charge on any atom is 0.336 e. The van der Waals surface area contributed by atoms with E-state index in [-0.39, 0.29) is 17.1 Å². The van der Waals surface area contributed by atoms with E-state index < -0.39 is 40.8 Å². The molecule has 0 spiro atoms. The highest BCUT2D eigenvalue weighted by Gasteiger charge is 2.83. The highest BCUT2D eigenvalue weighted by atomic mass is 16.7. The molecule has 3 saturated carbocycles. The molecule has 0 aromatic rings. The largest absolute Gasteiger partial charge is 0.418 e. The molecule has 0 amide bonds. The van der Waals surface area contributed by atoms with E-state index in [4.69, 9.17) is 9.47 Å². The van der Waals surface area contributed by atoms with Crippen LogP contribution in [0, 0.1) is 22.7 Å². The molecule has 0 aliphatic heterocycles. The number of carbonyl (C=O) groups excluding carboxylic acids is 2. The fourth-order valence-corrected chi connectivity index (χ4v) is 7.14. The molecule has 168 valence electrons. The van der Waals surface area contributed by atoms with Crippen LogP contribution < -0.4 is 0 Å². The highest BCUT2D eigenvalue weighted by molar-refractivity contribution is 5.89. The van der Waals surface area contributed by atoms with Gasteiger partial charge in [-0.1, -0.05) is 27.0 Å². The normalized spacial score (nSPS) is 35.4. The van der Waals surface area contributed by atoms with Crippen molar-refractivity contribution < 1.29 is 29.3 Å². The standard InChI is InChI=1S/C24H36O6/c1-7-18(25)22-11-9-16(13-22)17-10-12-23(29-20(27)14(3)4,30-21(28)15(5)6)24(17,22)19(26)8-2/h16-19,25-26H,3,5,7-13H2,1-2,4,6H3. The van der Waals surface area contributed by atoms with Gasteiger partial charge in [-0.05, 0) is 64.2 Å². The van der Waals surface area contributed by atoms with Gasteiger partial charge < -0.3 is 19.7 Å². The number of aliphatic hydroxyl groups excluding tert-OH is 2. The Bertz CT molecular complexity index is 729. The van der Waals surface area contributed by atoms with Crippen molar-refractivity contribution in [3.8, 4) is 0 Å². The maximum atomic E-state index is 12.8. The van der Waals surface area contributed by atoms with Crippen LogP contribution in [0.25, 0.3) is 0 Å². The van der Waals surface area contributed by atoms with Gasteiger partial charge in [-0.25, -0.2) is 9.59 Å². The minimum atomic E-state index is -1.66. The second-order valence-electron chi connectivity index (χ2n) is 9.61. The van der Waals surface area contributed by atoms with Crippen molar-refractivity contribution in [1.29, 1.82) is 0 Å². The van der Waals surface area contributed by atoms with Crippen LogP contribution in [-0.2, 0) is 19.1 Å². The second-order valence-corrected chi connectivity index (χ2v) is 9.61. The van der Waals surface area contributed by atoms with E-state index in [0.717, 1.165) is 12.8 Å². The molecule has 0 radical (unpaired) electrons. The molecule has 3 fully saturated rings. The Labute approximate surface area is 179 Å². The summed E-state index contributed by atoms with van der Waals surface area (Å²) in [5.74, 6) is -2.68. The van der Waals surface area contributed by atoms with Crippen LogP contribution in [0.15, 0.2) is 24.3 Å². The zero-order valence-corrected chi connectivity index (χ0v) is 18.7. The molecule has 2 bridgehead atoms. The van der Waals surface area contributed by atoms with E-state index in [1.807, 2.05) is 13.8 Å². The summed E-state index contributed by atoms with van der Waals surface area (Å²) in [6, 6.07) is 0. The van der Waals surface area contributed by atoms with Crippen molar-refractivity contribution in [3.05, 3.63) is 24.3 Å². The third-order valence-electron chi connectivity index (χ3n) is 8.13. The monoisotopic (exact) mass is 420 g/mol. The molecule has 0 aromatic carbocycles. The van der Waals surface area contributed by atoms with Gasteiger partial charge in [0.15, 0.2) is 0 Å². The number of esters is 2. The van der Waals surface area contributed by atoms with E-state index in [9.17, 15) is 19.8 Å².